The summed E-state index contributed by atoms with van der Waals surface area (Å²) in [6, 6.07) is 6.55. The first-order chi connectivity index (χ1) is 16.1. The molecule has 8 nitrogen and oxygen atoms in total. The number of carbonyl (C=O) groups excluding carboxylic acids is 2. The summed E-state index contributed by atoms with van der Waals surface area (Å²) in [6.45, 7) is 5.75. The minimum atomic E-state index is -1.07. The Balaban J connectivity index is 1.62. The highest BCUT2D eigenvalue weighted by Crippen LogP contribution is 2.46. The van der Waals surface area contributed by atoms with Crippen LogP contribution in [0.4, 0.5) is 19.3 Å². The van der Waals surface area contributed by atoms with Crippen LogP contribution in [0.25, 0.3) is 0 Å². The van der Waals surface area contributed by atoms with Gasteiger partial charge < -0.3 is 14.8 Å². The second kappa shape index (κ2) is 9.30. The van der Waals surface area contributed by atoms with E-state index >= 15 is 4.39 Å². The maximum absolute atomic E-state index is 15.1. The predicted octanol–water partition coefficient (Wildman–Crippen LogP) is 4.08. The minimum absolute atomic E-state index is 0.0171. The van der Waals surface area contributed by atoms with Crippen LogP contribution in [0.5, 0.6) is 0 Å². The molecule has 0 spiro atoms. The van der Waals surface area contributed by atoms with Crippen molar-refractivity contribution in [2.75, 3.05) is 24.3 Å². The number of thioether (sulfide) groups is 1. The van der Waals surface area contributed by atoms with Crippen molar-refractivity contribution < 1.29 is 27.8 Å². The van der Waals surface area contributed by atoms with Crippen LogP contribution in [0.2, 0.25) is 0 Å². The van der Waals surface area contributed by atoms with Gasteiger partial charge in [-0.2, -0.15) is 0 Å². The fourth-order valence-corrected chi connectivity index (χ4v) is 4.88. The first kappa shape index (κ1) is 24.1. The number of nitrogens with zero attached hydrogens (tertiary/aromatic N) is 2. The number of aliphatic imine (C=N–C) groups is 1. The van der Waals surface area contributed by atoms with Gasteiger partial charge in [0.1, 0.15) is 28.5 Å². The molecule has 180 valence electrons. The fourth-order valence-electron chi connectivity index (χ4n) is 3.77. The third-order valence-electron chi connectivity index (χ3n) is 5.30. The zero-order chi connectivity index (χ0) is 24.5. The van der Waals surface area contributed by atoms with Crippen LogP contribution in [0.1, 0.15) is 36.8 Å². The number of rotatable bonds is 3. The molecule has 3 heterocycles. The lowest BCUT2D eigenvalue weighted by molar-refractivity contribution is 0.0563. The molecule has 1 aromatic heterocycles. The third kappa shape index (κ3) is 5.20. The molecule has 0 saturated carbocycles. The molecule has 0 bridgehead atoms. The molecule has 2 N–H and O–H groups in total. The molecule has 2 atom stereocenters. The molecule has 1 saturated heterocycles. The van der Waals surface area contributed by atoms with Gasteiger partial charge in [-0.05, 0) is 51.1 Å². The van der Waals surface area contributed by atoms with Crippen LogP contribution in [-0.4, -0.2) is 46.7 Å². The van der Waals surface area contributed by atoms with E-state index in [2.05, 4.69) is 15.6 Å². The number of ether oxygens (including phenoxy) is 2. The number of fused-ring (bicyclic) bond motifs is 1. The van der Waals surface area contributed by atoms with Crippen LogP contribution in [0, 0.1) is 17.6 Å². The van der Waals surface area contributed by atoms with Gasteiger partial charge in [0.15, 0.2) is 5.17 Å². The summed E-state index contributed by atoms with van der Waals surface area (Å²) >= 11 is 1.33. The highest BCUT2D eigenvalue weighted by Gasteiger charge is 2.50. The highest BCUT2D eigenvalue weighted by atomic mass is 32.2. The average molecular weight is 491 g/mol. The second-order valence-corrected chi connectivity index (χ2v) is 10.0. The van der Waals surface area contributed by atoms with Crippen LogP contribution < -0.4 is 10.6 Å². The van der Waals surface area contributed by atoms with E-state index in [0.29, 0.717) is 23.2 Å². The van der Waals surface area contributed by atoms with Crippen molar-refractivity contribution >= 4 is 34.6 Å². The van der Waals surface area contributed by atoms with E-state index in [1.165, 1.54) is 36.0 Å². The van der Waals surface area contributed by atoms with Crippen LogP contribution in [-0.2, 0) is 15.0 Å². The van der Waals surface area contributed by atoms with Gasteiger partial charge in [0.25, 0.3) is 5.91 Å². The lowest BCUT2D eigenvalue weighted by Crippen LogP contribution is -2.43. The Labute approximate surface area is 199 Å². The molecule has 0 aliphatic carbocycles. The van der Waals surface area contributed by atoms with Crippen molar-refractivity contribution in [1.29, 1.82) is 0 Å². The van der Waals surface area contributed by atoms with E-state index in [0.717, 1.165) is 12.3 Å². The maximum atomic E-state index is 15.1. The van der Waals surface area contributed by atoms with Gasteiger partial charge in [0, 0.05) is 22.9 Å². The molecule has 11 heteroatoms. The van der Waals surface area contributed by atoms with E-state index in [1.807, 2.05) is 0 Å². The van der Waals surface area contributed by atoms with Gasteiger partial charge in [-0.15, -0.1) is 0 Å². The first-order valence-electron chi connectivity index (χ1n) is 10.6. The number of hydrogen-bond donors (Lipinski definition) is 2. The Morgan fingerprint density at radius 3 is 2.71 bits per heavy atom. The van der Waals surface area contributed by atoms with Crippen LogP contribution >= 0.6 is 11.8 Å². The van der Waals surface area contributed by atoms with E-state index in [1.54, 1.807) is 20.8 Å². The summed E-state index contributed by atoms with van der Waals surface area (Å²) in [4.78, 5) is 33.2. The Morgan fingerprint density at radius 2 is 2.00 bits per heavy atom. The monoisotopic (exact) mass is 490 g/mol. The molecule has 4 rings (SSSR count). The topological polar surface area (TPSA) is 102 Å². The molecular weight excluding hydrogens is 466 g/mol. The molecule has 2 amide bonds. The zero-order valence-electron chi connectivity index (χ0n) is 18.9. The fraction of sp³-hybridized carbons (Fsp3) is 0.391. The van der Waals surface area contributed by atoms with Crippen LogP contribution in [0.3, 0.4) is 0 Å². The SMILES string of the molecule is CC(C)(C)OC(=O)NC1=NC2(c3cc(NC(=O)c4ccc(F)cn4)ccc3F)COCC2CS1. The summed E-state index contributed by atoms with van der Waals surface area (Å²) in [5.41, 5.74) is -1.18. The third-order valence-corrected chi connectivity index (χ3v) is 6.33. The van der Waals surface area contributed by atoms with Crippen molar-refractivity contribution in [3.8, 4) is 0 Å². The van der Waals surface area contributed by atoms with E-state index in [9.17, 15) is 14.0 Å². The van der Waals surface area contributed by atoms with E-state index in [4.69, 9.17) is 14.5 Å². The standard InChI is InChI=1S/C23H24F2N4O4S/c1-22(2,3)33-21(31)28-20-29-23(12-32-10-13(23)11-34-20)16-8-15(5-6-17(16)25)27-19(30)18-7-4-14(24)9-26-18/h4-9,13H,10-12H2,1-3H3,(H,27,30)(H,28,29,31). The number of anilines is 1. The van der Waals surface area contributed by atoms with Crippen molar-refractivity contribution in [1.82, 2.24) is 10.3 Å². The van der Waals surface area contributed by atoms with Crippen molar-refractivity contribution in [2.45, 2.75) is 31.9 Å². The Bertz CT molecular complexity index is 1140. The summed E-state index contributed by atoms with van der Waals surface area (Å²) in [6.07, 6.45) is 0.289. The number of carbonyl (C=O) groups is 2. The summed E-state index contributed by atoms with van der Waals surface area (Å²) in [5.74, 6) is -1.23. The number of nitrogens with one attached hydrogen (secondary N) is 2. The number of halogens is 2. The molecule has 2 aromatic rings. The molecule has 1 aromatic carbocycles. The molecule has 2 aliphatic heterocycles. The molecule has 1 fully saturated rings. The average Bonchev–Trinajstić information content (AvgIpc) is 3.18. The number of hydrogen-bond acceptors (Lipinski definition) is 7. The Kier molecular flexibility index (Phi) is 6.59. The van der Waals surface area contributed by atoms with Crippen molar-refractivity contribution in [2.24, 2.45) is 10.9 Å². The number of amides is 2. The number of pyridine rings is 1. The van der Waals surface area contributed by atoms with Crippen molar-refractivity contribution in [3.63, 3.8) is 0 Å². The lowest BCUT2D eigenvalue weighted by Gasteiger charge is -2.35. The number of aromatic nitrogens is 1. The highest BCUT2D eigenvalue weighted by molar-refractivity contribution is 8.13. The van der Waals surface area contributed by atoms with Gasteiger partial charge in [-0.1, -0.05) is 11.8 Å². The lowest BCUT2D eigenvalue weighted by atomic mass is 9.81. The number of alkyl carbamates (subject to hydrolysis) is 1. The van der Waals surface area contributed by atoms with Gasteiger partial charge >= 0.3 is 6.09 Å². The Hall–Kier alpha value is -3.05. The smallest absolute Gasteiger partial charge is 0.413 e. The predicted molar refractivity (Wildman–Crippen MR) is 124 cm³/mol. The summed E-state index contributed by atoms with van der Waals surface area (Å²) in [7, 11) is 0. The van der Waals surface area contributed by atoms with Gasteiger partial charge in [0.2, 0.25) is 0 Å². The van der Waals surface area contributed by atoms with Gasteiger partial charge in [-0.3, -0.25) is 10.1 Å². The zero-order valence-corrected chi connectivity index (χ0v) is 19.7. The minimum Gasteiger partial charge on any atom is -0.444 e. The second-order valence-electron chi connectivity index (χ2n) is 9.00. The summed E-state index contributed by atoms with van der Waals surface area (Å²) < 4.78 is 39.2. The Morgan fingerprint density at radius 1 is 1.21 bits per heavy atom. The molecule has 2 aliphatic rings. The quantitative estimate of drug-likeness (QED) is 0.672. The van der Waals surface area contributed by atoms with E-state index < -0.39 is 34.8 Å². The normalized spacial score (nSPS) is 21.9. The first-order valence-corrected chi connectivity index (χ1v) is 11.6. The van der Waals surface area contributed by atoms with Gasteiger partial charge in [0.05, 0.1) is 19.4 Å². The molecular formula is C23H24F2N4O4S. The number of benzene rings is 1. The number of amidine groups is 1. The van der Waals surface area contributed by atoms with Gasteiger partial charge in [-0.25, -0.2) is 23.6 Å². The maximum Gasteiger partial charge on any atom is 0.413 e. The summed E-state index contributed by atoms with van der Waals surface area (Å²) in [5, 5.41) is 5.60. The molecule has 0 radical (unpaired) electrons. The largest absolute Gasteiger partial charge is 0.444 e. The molecule has 2 unspecified atom stereocenters. The molecule has 34 heavy (non-hydrogen) atoms. The van der Waals surface area contributed by atoms with E-state index in [-0.39, 0.29) is 23.8 Å². The van der Waals surface area contributed by atoms with Crippen molar-refractivity contribution in [3.05, 3.63) is 59.4 Å². The van der Waals surface area contributed by atoms with Crippen LogP contribution in [0.15, 0.2) is 41.5 Å².